The summed E-state index contributed by atoms with van der Waals surface area (Å²) in [6, 6.07) is 7.45. The molecule has 0 spiro atoms. The molecule has 0 saturated heterocycles. The van der Waals surface area contributed by atoms with Crippen LogP contribution < -0.4 is 9.64 Å². The van der Waals surface area contributed by atoms with Crippen molar-refractivity contribution >= 4 is 32.6 Å². The van der Waals surface area contributed by atoms with Gasteiger partial charge in [0.15, 0.2) is 5.13 Å². The van der Waals surface area contributed by atoms with Crippen molar-refractivity contribution in [2.45, 2.75) is 0 Å². The summed E-state index contributed by atoms with van der Waals surface area (Å²) in [7, 11) is 7.37. The van der Waals surface area contributed by atoms with E-state index in [9.17, 15) is 4.79 Å². The Balaban J connectivity index is 1.98. The number of ether oxygens (including phenoxy) is 1. The van der Waals surface area contributed by atoms with Crippen molar-refractivity contribution in [1.29, 1.82) is 0 Å². The zero-order valence-corrected chi connectivity index (χ0v) is 15.6. The average molecular weight is 359 g/mol. The third-order valence-corrected chi connectivity index (χ3v) is 4.91. The summed E-state index contributed by atoms with van der Waals surface area (Å²) >= 11 is 1.48. The van der Waals surface area contributed by atoms with E-state index in [2.05, 4.69) is 10.1 Å². The Bertz CT molecular complexity index is 886. The lowest BCUT2D eigenvalue weighted by molar-refractivity contribution is 0.0976. The second-order valence-corrected chi connectivity index (χ2v) is 6.94. The standard InChI is InChI=1S/C17H21N5O2S/c1-20(2)9-10-22(16(23)14-7-8-18-21(14)3)17-19-13-6-5-12(24-4)11-15(13)25-17/h5-8,11H,9-10H2,1-4H3. The number of nitrogens with zero attached hydrogens (tertiary/aromatic N) is 5. The van der Waals surface area contributed by atoms with Crippen molar-refractivity contribution < 1.29 is 9.53 Å². The monoisotopic (exact) mass is 359 g/mol. The highest BCUT2D eigenvalue weighted by Crippen LogP contribution is 2.32. The molecule has 8 heteroatoms. The van der Waals surface area contributed by atoms with Gasteiger partial charge < -0.3 is 9.64 Å². The van der Waals surface area contributed by atoms with E-state index in [1.807, 2.05) is 37.2 Å². The Morgan fingerprint density at radius 3 is 2.72 bits per heavy atom. The van der Waals surface area contributed by atoms with Gasteiger partial charge in [0.05, 0.1) is 17.3 Å². The number of methoxy groups -OCH3 is 1. The van der Waals surface area contributed by atoms with Crippen molar-refractivity contribution in [2.75, 3.05) is 39.2 Å². The van der Waals surface area contributed by atoms with Crippen LogP contribution >= 0.6 is 11.3 Å². The summed E-state index contributed by atoms with van der Waals surface area (Å²) in [6.45, 7) is 1.29. The number of amides is 1. The van der Waals surface area contributed by atoms with Gasteiger partial charge in [-0.2, -0.15) is 5.10 Å². The zero-order valence-electron chi connectivity index (χ0n) is 14.8. The number of anilines is 1. The number of rotatable bonds is 6. The quantitative estimate of drug-likeness (QED) is 0.675. The fourth-order valence-corrected chi connectivity index (χ4v) is 3.46. The molecule has 0 aliphatic rings. The maximum absolute atomic E-state index is 13.0. The van der Waals surface area contributed by atoms with Gasteiger partial charge in [-0.1, -0.05) is 11.3 Å². The first-order valence-electron chi connectivity index (χ1n) is 7.89. The molecule has 0 aliphatic heterocycles. The molecule has 0 unspecified atom stereocenters. The van der Waals surface area contributed by atoms with Gasteiger partial charge in [0.2, 0.25) is 0 Å². The van der Waals surface area contributed by atoms with Crippen LogP contribution in [0.15, 0.2) is 30.5 Å². The van der Waals surface area contributed by atoms with Crippen molar-refractivity contribution in [3.8, 4) is 5.75 Å². The van der Waals surface area contributed by atoms with Crippen molar-refractivity contribution in [1.82, 2.24) is 19.7 Å². The molecule has 7 nitrogen and oxygen atoms in total. The van der Waals surface area contributed by atoms with Crippen LogP contribution in [0.2, 0.25) is 0 Å². The molecule has 0 radical (unpaired) electrons. The summed E-state index contributed by atoms with van der Waals surface area (Å²) in [6.07, 6.45) is 1.63. The van der Waals surface area contributed by atoms with Crippen molar-refractivity contribution in [3.63, 3.8) is 0 Å². The predicted molar refractivity (Wildman–Crippen MR) is 99.6 cm³/mol. The first-order chi connectivity index (χ1) is 12.0. The smallest absolute Gasteiger partial charge is 0.278 e. The molecule has 132 valence electrons. The number of hydrogen-bond acceptors (Lipinski definition) is 6. The summed E-state index contributed by atoms with van der Waals surface area (Å²) < 4.78 is 7.85. The molecule has 1 aromatic carbocycles. The minimum Gasteiger partial charge on any atom is -0.497 e. The SMILES string of the molecule is COc1ccc2nc(N(CCN(C)C)C(=O)c3ccnn3C)sc2c1. The number of thiazole rings is 1. The number of aryl methyl sites for hydroxylation is 1. The molecule has 2 heterocycles. The maximum Gasteiger partial charge on any atom is 0.278 e. The van der Waals surface area contributed by atoms with Crippen LogP contribution in [-0.2, 0) is 7.05 Å². The molecule has 0 saturated carbocycles. The Morgan fingerprint density at radius 2 is 2.08 bits per heavy atom. The zero-order chi connectivity index (χ0) is 18.0. The van der Waals surface area contributed by atoms with Gasteiger partial charge in [0.25, 0.3) is 5.91 Å². The minimum absolute atomic E-state index is 0.104. The molecule has 3 rings (SSSR count). The second kappa shape index (κ2) is 7.20. The third kappa shape index (κ3) is 3.64. The summed E-state index contributed by atoms with van der Waals surface area (Å²) in [5.74, 6) is 0.674. The number of hydrogen-bond donors (Lipinski definition) is 0. The van der Waals surface area contributed by atoms with E-state index in [-0.39, 0.29) is 5.91 Å². The van der Waals surface area contributed by atoms with Crippen LogP contribution in [0.5, 0.6) is 5.75 Å². The van der Waals surface area contributed by atoms with Gasteiger partial charge in [-0.05, 0) is 38.4 Å². The summed E-state index contributed by atoms with van der Waals surface area (Å²) in [4.78, 5) is 21.4. The molecule has 0 bridgehead atoms. The van der Waals surface area contributed by atoms with Crippen LogP contribution in [0.3, 0.4) is 0 Å². The highest BCUT2D eigenvalue weighted by atomic mass is 32.1. The fraction of sp³-hybridized carbons (Fsp3) is 0.353. The molecule has 25 heavy (non-hydrogen) atoms. The van der Waals surface area contributed by atoms with E-state index in [1.54, 1.807) is 36.0 Å². The van der Waals surface area contributed by atoms with E-state index >= 15 is 0 Å². The number of fused-ring (bicyclic) bond motifs is 1. The Kier molecular flexibility index (Phi) is 5.00. The molecule has 1 amide bonds. The number of carbonyl (C=O) groups excluding carboxylic acids is 1. The molecule has 0 atom stereocenters. The highest BCUT2D eigenvalue weighted by molar-refractivity contribution is 7.22. The van der Waals surface area contributed by atoms with Gasteiger partial charge in [-0.3, -0.25) is 14.4 Å². The van der Waals surface area contributed by atoms with Gasteiger partial charge in [0.1, 0.15) is 11.4 Å². The second-order valence-electron chi connectivity index (χ2n) is 5.93. The van der Waals surface area contributed by atoms with Gasteiger partial charge >= 0.3 is 0 Å². The van der Waals surface area contributed by atoms with Gasteiger partial charge in [-0.15, -0.1) is 0 Å². The highest BCUT2D eigenvalue weighted by Gasteiger charge is 2.23. The first-order valence-corrected chi connectivity index (χ1v) is 8.70. The summed E-state index contributed by atoms with van der Waals surface area (Å²) in [5, 5.41) is 4.78. The number of carbonyl (C=O) groups is 1. The molecular weight excluding hydrogens is 338 g/mol. The normalized spacial score (nSPS) is 11.2. The Hall–Kier alpha value is -2.45. The van der Waals surface area contributed by atoms with E-state index < -0.39 is 0 Å². The number of aromatic nitrogens is 3. The lowest BCUT2D eigenvalue weighted by atomic mass is 10.3. The average Bonchev–Trinajstić information content (AvgIpc) is 3.19. The Morgan fingerprint density at radius 1 is 1.28 bits per heavy atom. The molecule has 0 fully saturated rings. The van der Waals surface area contributed by atoms with E-state index in [4.69, 9.17) is 4.74 Å². The number of likely N-dealkylation sites (N-methyl/N-ethyl adjacent to an activating group) is 1. The third-order valence-electron chi connectivity index (χ3n) is 3.87. The van der Waals surface area contributed by atoms with Gasteiger partial charge in [0, 0.05) is 26.3 Å². The predicted octanol–water partition coefficient (Wildman–Crippen LogP) is 2.25. The maximum atomic E-state index is 13.0. The lowest BCUT2D eigenvalue weighted by Gasteiger charge is -2.21. The Labute approximate surface area is 150 Å². The fourth-order valence-electron chi connectivity index (χ4n) is 2.44. The van der Waals surface area contributed by atoms with Gasteiger partial charge in [-0.25, -0.2) is 4.98 Å². The minimum atomic E-state index is -0.104. The van der Waals surface area contributed by atoms with Crippen LogP contribution in [-0.4, -0.2) is 59.9 Å². The van der Waals surface area contributed by atoms with Crippen LogP contribution in [0.4, 0.5) is 5.13 Å². The van der Waals surface area contributed by atoms with Crippen LogP contribution in [0.25, 0.3) is 10.2 Å². The van der Waals surface area contributed by atoms with E-state index in [1.165, 1.54) is 11.3 Å². The molecule has 2 aromatic heterocycles. The summed E-state index contributed by atoms with van der Waals surface area (Å²) in [5.41, 5.74) is 1.39. The van der Waals surface area contributed by atoms with Crippen molar-refractivity contribution in [3.05, 3.63) is 36.2 Å². The van der Waals surface area contributed by atoms with E-state index in [0.717, 1.165) is 22.5 Å². The molecule has 0 aliphatic carbocycles. The van der Waals surface area contributed by atoms with Crippen LogP contribution in [0, 0.1) is 0 Å². The topological polar surface area (TPSA) is 63.5 Å². The molecule has 0 N–H and O–H groups in total. The number of benzene rings is 1. The largest absolute Gasteiger partial charge is 0.497 e. The van der Waals surface area contributed by atoms with Crippen molar-refractivity contribution in [2.24, 2.45) is 7.05 Å². The first kappa shape index (κ1) is 17.4. The lowest BCUT2D eigenvalue weighted by Crippen LogP contribution is -2.37. The van der Waals surface area contributed by atoms with E-state index in [0.29, 0.717) is 17.4 Å². The molecular formula is C17H21N5O2S. The van der Waals surface area contributed by atoms with Crippen LogP contribution in [0.1, 0.15) is 10.5 Å². The molecule has 3 aromatic rings.